The van der Waals surface area contributed by atoms with Gasteiger partial charge in [-0.1, -0.05) is 23.7 Å². The molecule has 0 atom stereocenters. The highest BCUT2D eigenvalue weighted by molar-refractivity contribution is 6.31. The lowest BCUT2D eigenvalue weighted by Crippen LogP contribution is -2.14. The zero-order chi connectivity index (χ0) is 15.4. The third-order valence-electron chi connectivity index (χ3n) is 3.08. The van der Waals surface area contributed by atoms with E-state index in [1.807, 2.05) is 13.0 Å². The Hall–Kier alpha value is -2.20. The molecule has 2 rings (SSSR count). The Bertz CT molecular complexity index is 648. The number of aryl methyl sites for hydroxylation is 1. The van der Waals surface area contributed by atoms with Gasteiger partial charge in [0.1, 0.15) is 17.1 Å². The molecule has 0 unspecified atom stereocenters. The summed E-state index contributed by atoms with van der Waals surface area (Å²) in [6.45, 7) is 1.90. The van der Waals surface area contributed by atoms with Crippen molar-refractivity contribution in [1.29, 1.82) is 0 Å². The van der Waals surface area contributed by atoms with Crippen LogP contribution in [0.5, 0.6) is 11.5 Å². The molecule has 5 heteroatoms. The molecular weight excluding hydrogens is 290 g/mol. The van der Waals surface area contributed by atoms with Crippen molar-refractivity contribution < 1.29 is 14.3 Å². The Morgan fingerprint density at radius 1 is 1.10 bits per heavy atom. The fourth-order valence-electron chi connectivity index (χ4n) is 1.94. The molecule has 21 heavy (non-hydrogen) atoms. The molecule has 0 bridgehead atoms. The van der Waals surface area contributed by atoms with Gasteiger partial charge in [-0.3, -0.25) is 4.79 Å². The van der Waals surface area contributed by atoms with Gasteiger partial charge in [0.05, 0.1) is 14.2 Å². The number of ether oxygens (including phenoxy) is 2. The number of carbonyl (C=O) groups excluding carboxylic acids is 1. The highest BCUT2D eigenvalue weighted by Crippen LogP contribution is 2.29. The monoisotopic (exact) mass is 305 g/mol. The van der Waals surface area contributed by atoms with E-state index >= 15 is 0 Å². The third kappa shape index (κ3) is 3.28. The molecule has 0 spiro atoms. The minimum absolute atomic E-state index is 0.316. The van der Waals surface area contributed by atoms with E-state index in [1.165, 1.54) is 14.2 Å². The van der Waals surface area contributed by atoms with Crippen molar-refractivity contribution in [2.24, 2.45) is 0 Å². The first-order valence-corrected chi connectivity index (χ1v) is 6.73. The summed E-state index contributed by atoms with van der Waals surface area (Å²) >= 11 is 6.06. The molecule has 0 radical (unpaired) electrons. The van der Waals surface area contributed by atoms with E-state index in [0.717, 1.165) is 5.56 Å². The van der Waals surface area contributed by atoms with Crippen LogP contribution in [-0.2, 0) is 0 Å². The van der Waals surface area contributed by atoms with Crippen LogP contribution in [-0.4, -0.2) is 20.1 Å². The van der Waals surface area contributed by atoms with Crippen molar-refractivity contribution in [2.75, 3.05) is 19.5 Å². The molecule has 1 amide bonds. The standard InChI is InChI=1S/C16H16ClNO3/c1-10-7-8-11(9-12(10)17)18-16(19)15-13(20-2)5-4-6-14(15)21-3/h4-9H,1-3H3,(H,18,19). The molecule has 0 aromatic heterocycles. The van der Waals surface area contributed by atoms with Crippen molar-refractivity contribution in [3.63, 3.8) is 0 Å². The van der Waals surface area contributed by atoms with Crippen molar-refractivity contribution in [3.8, 4) is 11.5 Å². The molecule has 0 aliphatic heterocycles. The molecule has 0 aliphatic carbocycles. The normalized spacial score (nSPS) is 10.1. The van der Waals surface area contributed by atoms with E-state index in [2.05, 4.69) is 5.32 Å². The molecule has 2 aromatic carbocycles. The second kappa shape index (κ2) is 6.50. The number of rotatable bonds is 4. The van der Waals surface area contributed by atoms with Gasteiger partial charge >= 0.3 is 0 Å². The van der Waals surface area contributed by atoms with Gasteiger partial charge in [0.2, 0.25) is 0 Å². The van der Waals surface area contributed by atoms with Crippen molar-refractivity contribution >= 4 is 23.2 Å². The number of carbonyl (C=O) groups is 1. The number of anilines is 1. The number of amides is 1. The van der Waals surface area contributed by atoms with Crippen LogP contribution in [0, 0.1) is 6.92 Å². The predicted molar refractivity (Wildman–Crippen MR) is 83.7 cm³/mol. The Kier molecular flexibility index (Phi) is 4.70. The number of halogens is 1. The molecule has 110 valence electrons. The van der Waals surface area contributed by atoms with Crippen LogP contribution in [0.1, 0.15) is 15.9 Å². The Balaban J connectivity index is 2.34. The van der Waals surface area contributed by atoms with Gasteiger partial charge in [0, 0.05) is 10.7 Å². The Labute approximate surface area is 128 Å². The van der Waals surface area contributed by atoms with Crippen LogP contribution >= 0.6 is 11.6 Å². The van der Waals surface area contributed by atoms with E-state index in [9.17, 15) is 4.79 Å². The summed E-state index contributed by atoms with van der Waals surface area (Å²) in [6, 6.07) is 10.5. The zero-order valence-electron chi connectivity index (χ0n) is 12.1. The molecular formula is C16H16ClNO3. The zero-order valence-corrected chi connectivity index (χ0v) is 12.8. The minimum atomic E-state index is -0.316. The fourth-order valence-corrected chi connectivity index (χ4v) is 2.12. The smallest absolute Gasteiger partial charge is 0.263 e. The van der Waals surface area contributed by atoms with Gasteiger partial charge in [-0.15, -0.1) is 0 Å². The highest BCUT2D eigenvalue weighted by atomic mass is 35.5. The van der Waals surface area contributed by atoms with Crippen LogP contribution in [0.25, 0.3) is 0 Å². The largest absolute Gasteiger partial charge is 0.496 e. The van der Waals surface area contributed by atoms with Crippen LogP contribution in [0.4, 0.5) is 5.69 Å². The van der Waals surface area contributed by atoms with Gasteiger partial charge in [-0.25, -0.2) is 0 Å². The molecule has 0 saturated heterocycles. The van der Waals surface area contributed by atoms with Crippen LogP contribution in [0.3, 0.4) is 0 Å². The lowest BCUT2D eigenvalue weighted by atomic mass is 10.1. The molecule has 2 aromatic rings. The van der Waals surface area contributed by atoms with E-state index in [1.54, 1.807) is 30.3 Å². The average Bonchev–Trinajstić information content (AvgIpc) is 2.49. The fraction of sp³-hybridized carbons (Fsp3) is 0.188. The van der Waals surface area contributed by atoms with Gasteiger partial charge in [-0.2, -0.15) is 0 Å². The lowest BCUT2D eigenvalue weighted by Gasteiger charge is -2.13. The summed E-state index contributed by atoms with van der Waals surface area (Å²) in [7, 11) is 3.02. The highest BCUT2D eigenvalue weighted by Gasteiger charge is 2.18. The summed E-state index contributed by atoms with van der Waals surface area (Å²) in [5, 5.41) is 3.39. The first-order valence-electron chi connectivity index (χ1n) is 6.35. The number of hydrogen-bond acceptors (Lipinski definition) is 3. The minimum Gasteiger partial charge on any atom is -0.496 e. The lowest BCUT2D eigenvalue weighted by molar-refractivity contribution is 0.102. The van der Waals surface area contributed by atoms with Crippen LogP contribution < -0.4 is 14.8 Å². The summed E-state index contributed by atoms with van der Waals surface area (Å²) in [6.07, 6.45) is 0. The van der Waals surface area contributed by atoms with E-state index in [0.29, 0.717) is 27.8 Å². The molecule has 0 saturated carbocycles. The molecule has 0 fully saturated rings. The number of methoxy groups -OCH3 is 2. The first-order chi connectivity index (χ1) is 10.1. The van der Waals surface area contributed by atoms with Gasteiger partial charge in [-0.05, 0) is 36.8 Å². The van der Waals surface area contributed by atoms with Crippen molar-refractivity contribution in [1.82, 2.24) is 0 Å². The van der Waals surface area contributed by atoms with Gasteiger partial charge in [0.25, 0.3) is 5.91 Å². The first kappa shape index (κ1) is 15.2. The van der Waals surface area contributed by atoms with Gasteiger partial charge in [0.15, 0.2) is 0 Å². The van der Waals surface area contributed by atoms with E-state index < -0.39 is 0 Å². The molecule has 1 N–H and O–H groups in total. The Morgan fingerprint density at radius 3 is 2.24 bits per heavy atom. The molecule has 0 heterocycles. The molecule has 0 aliphatic rings. The second-order valence-electron chi connectivity index (χ2n) is 4.46. The Morgan fingerprint density at radius 2 is 1.71 bits per heavy atom. The van der Waals surface area contributed by atoms with Gasteiger partial charge < -0.3 is 14.8 Å². The van der Waals surface area contributed by atoms with Crippen LogP contribution in [0.15, 0.2) is 36.4 Å². The maximum absolute atomic E-state index is 12.5. The van der Waals surface area contributed by atoms with E-state index in [4.69, 9.17) is 21.1 Å². The summed E-state index contributed by atoms with van der Waals surface area (Å²) < 4.78 is 10.4. The van der Waals surface area contributed by atoms with Crippen molar-refractivity contribution in [2.45, 2.75) is 6.92 Å². The molecule has 4 nitrogen and oxygen atoms in total. The number of nitrogens with one attached hydrogen (secondary N) is 1. The van der Waals surface area contributed by atoms with Crippen LogP contribution in [0.2, 0.25) is 5.02 Å². The third-order valence-corrected chi connectivity index (χ3v) is 3.49. The maximum atomic E-state index is 12.5. The predicted octanol–water partition coefficient (Wildman–Crippen LogP) is 3.92. The maximum Gasteiger partial charge on any atom is 0.263 e. The van der Waals surface area contributed by atoms with Crippen molar-refractivity contribution in [3.05, 3.63) is 52.5 Å². The quantitative estimate of drug-likeness (QED) is 0.931. The SMILES string of the molecule is COc1cccc(OC)c1C(=O)Nc1ccc(C)c(Cl)c1. The summed E-state index contributed by atoms with van der Waals surface area (Å²) in [5.74, 6) is 0.583. The number of hydrogen-bond donors (Lipinski definition) is 1. The average molecular weight is 306 g/mol. The summed E-state index contributed by atoms with van der Waals surface area (Å²) in [4.78, 5) is 12.5. The summed E-state index contributed by atoms with van der Waals surface area (Å²) in [5.41, 5.74) is 1.91. The number of benzene rings is 2. The topological polar surface area (TPSA) is 47.6 Å². The second-order valence-corrected chi connectivity index (χ2v) is 4.86. The van der Waals surface area contributed by atoms with E-state index in [-0.39, 0.29) is 5.91 Å².